The number of anilines is 4. The van der Waals surface area contributed by atoms with Crippen LogP contribution in [-0.4, -0.2) is 61.5 Å². The second-order valence-corrected chi connectivity index (χ2v) is 11.3. The summed E-state index contributed by atoms with van der Waals surface area (Å²) in [6.07, 6.45) is 5.05. The van der Waals surface area contributed by atoms with Crippen LogP contribution in [0.15, 0.2) is 79.0 Å². The highest BCUT2D eigenvalue weighted by Crippen LogP contribution is 2.42. The number of likely N-dealkylation sites (N-methyl/N-ethyl adjacent to an activating group) is 1. The number of carbonyl (C=O) groups is 2. The van der Waals surface area contributed by atoms with Gasteiger partial charge in [-0.15, -0.1) is 0 Å². The smallest absolute Gasteiger partial charge is 0.331 e. The van der Waals surface area contributed by atoms with Crippen molar-refractivity contribution in [1.29, 1.82) is 0 Å². The second-order valence-electron chi connectivity index (χ2n) is 11.3. The minimum Gasteiger partial charge on any atom is -0.493 e. The average Bonchev–Trinajstić information content (AvgIpc) is 3.05. The normalized spacial score (nSPS) is 13.6. The van der Waals surface area contributed by atoms with E-state index in [0.29, 0.717) is 17.7 Å². The van der Waals surface area contributed by atoms with Crippen molar-refractivity contribution in [3.8, 4) is 11.5 Å². The Morgan fingerprint density at radius 3 is 2.40 bits per heavy atom. The van der Waals surface area contributed by atoms with Crippen LogP contribution in [0.4, 0.5) is 36.7 Å². The molecule has 1 aliphatic heterocycles. The van der Waals surface area contributed by atoms with Crippen LogP contribution in [0.3, 0.4) is 0 Å². The number of benzene rings is 3. The van der Waals surface area contributed by atoms with Gasteiger partial charge in [-0.25, -0.2) is 18.6 Å². The van der Waals surface area contributed by atoms with E-state index in [0.717, 1.165) is 22.2 Å². The number of methoxy groups -OCH3 is 2. The minimum absolute atomic E-state index is 0.0653. The number of amides is 2. The number of aromatic nitrogens is 2. The first kappa shape index (κ1) is 33.0. The van der Waals surface area contributed by atoms with Gasteiger partial charge in [-0.1, -0.05) is 48.5 Å². The minimum atomic E-state index is -1.05. The summed E-state index contributed by atoms with van der Waals surface area (Å²) in [7, 11) is 6.32. The lowest BCUT2D eigenvalue weighted by molar-refractivity contribution is -0.114. The highest BCUT2D eigenvalue weighted by atomic mass is 19.1. The Hall–Kier alpha value is -5.36. The number of hydrogen-bond donors (Lipinski definition) is 1. The number of urea groups is 1. The van der Waals surface area contributed by atoms with Gasteiger partial charge in [0, 0.05) is 36.5 Å². The lowest BCUT2D eigenvalue weighted by atomic mass is 10.00. The van der Waals surface area contributed by atoms with Crippen molar-refractivity contribution in [1.82, 2.24) is 14.9 Å². The number of fused-ring (bicyclic) bond motifs is 1. The zero-order valence-corrected chi connectivity index (χ0v) is 26.8. The molecule has 5 rings (SSSR count). The molecule has 244 valence electrons. The van der Waals surface area contributed by atoms with Crippen LogP contribution in [0.5, 0.6) is 11.5 Å². The number of hydrogen-bond acceptors (Lipinski definition) is 8. The van der Waals surface area contributed by atoms with E-state index in [1.807, 2.05) is 67.5 Å². The first-order valence-corrected chi connectivity index (χ1v) is 14.9. The Bertz CT molecular complexity index is 1770. The number of rotatable bonds is 12. The lowest BCUT2D eigenvalue weighted by Crippen LogP contribution is -2.49. The van der Waals surface area contributed by atoms with E-state index in [2.05, 4.69) is 10.3 Å². The van der Waals surface area contributed by atoms with Gasteiger partial charge in [-0.3, -0.25) is 14.6 Å². The number of allylic oxidation sites excluding steroid dienone is 1. The highest BCUT2D eigenvalue weighted by Gasteiger charge is 2.40. The average molecular weight is 643 g/mol. The Morgan fingerprint density at radius 2 is 1.74 bits per heavy atom. The molecule has 0 aliphatic carbocycles. The molecule has 0 radical (unpaired) electrons. The van der Waals surface area contributed by atoms with E-state index < -0.39 is 29.4 Å². The zero-order chi connectivity index (χ0) is 33.7. The highest BCUT2D eigenvalue weighted by molar-refractivity contribution is 6.06. The predicted molar refractivity (Wildman–Crippen MR) is 177 cm³/mol. The zero-order valence-electron chi connectivity index (χ0n) is 26.8. The molecule has 1 aliphatic rings. The number of nitrogens with one attached hydrogen (secondary N) is 1. The molecule has 10 nitrogen and oxygen atoms in total. The van der Waals surface area contributed by atoms with Gasteiger partial charge in [-0.2, -0.15) is 4.98 Å². The third-order valence-electron chi connectivity index (χ3n) is 7.66. The van der Waals surface area contributed by atoms with Crippen LogP contribution in [0.25, 0.3) is 0 Å². The van der Waals surface area contributed by atoms with Crippen molar-refractivity contribution in [2.75, 3.05) is 50.0 Å². The molecule has 1 unspecified atom stereocenters. The molecule has 1 atom stereocenters. The van der Waals surface area contributed by atoms with Crippen molar-refractivity contribution in [2.24, 2.45) is 0 Å². The molecule has 2 amide bonds. The molecular formula is C35H36F2N6O4. The molecule has 47 heavy (non-hydrogen) atoms. The Morgan fingerprint density at radius 1 is 1.04 bits per heavy atom. The number of nitrogens with zero attached hydrogens (tertiary/aromatic N) is 5. The summed E-state index contributed by atoms with van der Waals surface area (Å²) >= 11 is 0. The molecule has 1 aromatic heterocycles. The van der Waals surface area contributed by atoms with Gasteiger partial charge >= 0.3 is 6.03 Å². The predicted octanol–water partition coefficient (Wildman–Crippen LogP) is 6.45. The summed E-state index contributed by atoms with van der Waals surface area (Å²) in [6, 6.07) is 16.3. The fourth-order valence-electron chi connectivity index (χ4n) is 5.29. The lowest BCUT2D eigenvalue weighted by Gasteiger charge is -2.39. The van der Waals surface area contributed by atoms with Gasteiger partial charge in [-0.05, 0) is 50.4 Å². The maximum Gasteiger partial charge on any atom is 0.331 e. The summed E-state index contributed by atoms with van der Waals surface area (Å²) in [5.41, 5.74) is 2.01. The van der Waals surface area contributed by atoms with E-state index in [4.69, 9.17) is 14.5 Å². The SMILES string of the molecule is COc1cc(OC)c(F)c(N2Cc3cnc(Nc4ccccc4)nc3N(C(C)c3cccc(CC(=O)/C=C/CN(C)C)c3)C2=O)c1F. The quantitative estimate of drug-likeness (QED) is 0.176. The first-order chi connectivity index (χ1) is 22.6. The van der Waals surface area contributed by atoms with Crippen molar-refractivity contribution in [2.45, 2.75) is 25.9 Å². The van der Waals surface area contributed by atoms with Crippen LogP contribution in [-0.2, 0) is 17.8 Å². The van der Waals surface area contributed by atoms with Crippen LogP contribution in [0.1, 0.15) is 29.7 Å². The molecule has 0 saturated carbocycles. The second kappa shape index (κ2) is 14.4. The first-order valence-electron chi connectivity index (χ1n) is 14.9. The molecule has 0 fully saturated rings. The molecule has 0 saturated heterocycles. The van der Waals surface area contributed by atoms with Gasteiger partial charge in [0.1, 0.15) is 11.5 Å². The summed E-state index contributed by atoms with van der Waals surface area (Å²) in [4.78, 5) is 40.5. The van der Waals surface area contributed by atoms with Crippen LogP contribution in [0, 0.1) is 11.6 Å². The van der Waals surface area contributed by atoms with E-state index >= 15 is 8.78 Å². The number of carbonyl (C=O) groups excluding carboxylic acids is 2. The fraction of sp³-hybridized carbons (Fsp3) is 0.257. The largest absolute Gasteiger partial charge is 0.493 e. The van der Waals surface area contributed by atoms with Gasteiger partial charge in [0.25, 0.3) is 0 Å². The topological polar surface area (TPSA) is 100 Å². The molecule has 0 spiro atoms. The maximum absolute atomic E-state index is 15.7. The van der Waals surface area contributed by atoms with E-state index in [1.54, 1.807) is 25.1 Å². The number of para-hydroxylation sites is 1. The van der Waals surface area contributed by atoms with E-state index in [-0.39, 0.29) is 42.0 Å². The van der Waals surface area contributed by atoms with Crippen molar-refractivity contribution < 1.29 is 27.8 Å². The molecule has 3 aromatic carbocycles. The molecule has 12 heteroatoms. The van der Waals surface area contributed by atoms with E-state index in [1.165, 1.54) is 25.3 Å². The number of ether oxygens (including phenoxy) is 2. The summed E-state index contributed by atoms with van der Waals surface area (Å²) in [5, 5.41) is 3.14. The van der Waals surface area contributed by atoms with Crippen molar-refractivity contribution in [3.05, 3.63) is 107 Å². The Kier molecular flexibility index (Phi) is 10.1. The van der Waals surface area contributed by atoms with Crippen molar-refractivity contribution >= 4 is 35.0 Å². The standard InChI is InChI=1S/C35H36F2N6O4/c1-22(24-12-9-11-23(17-24)18-27(44)15-10-16-41(2)3)43-33-25(20-38-34(40-33)39-26-13-7-6-8-14-26)21-42(35(43)45)32-30(36)28(46-4)19-29(47-5)31(32)37/h6-15,17,19-20,22H,16,18,21H2,1-5H3,(H,38,39,40)/b15-10+. The van der Waals surface area contributed by atoms with Crippen LogP contribution >= 0.6 is 0 Å². The molecule has 1 N–H and O–H groups in total. The number of ketones is 1. The maximum atomic E-state index is 15.7. The fourth-order valence-corrected chi connectivity index (χ4v) is 5.29. The Labute approximate surface area is 272 Å². The third-order valence-corrected chi connectivity index (χ3v) is 7.66. The summed E-state index contributed by atoms with van der Waals surface area (Å²) in [5.74, 6) is -2.24. The van der Waals surface area contributed by atoms with Gasteiger partial charge < -0.3 is 19.7 Å². The van der Waals surface area contributed by atoms with Crippen LogP contribution in [0.2, 0.25) is 0 Å². The van der Waals surface area contributed by atoms with Crippen molar-refractivity contribution in [3.63, 3.8) is 0 Å². The molecule has 4 aromatic rings. The number of halogens is 2. The molecule has 2 heterocycles. The summed E-state index contributed by atoms with van der Waals surface area (Å²) < 4.78 is 41.7. The Balaban J connectivity index is 1.57. The summed E-state index contributed by atoms with van der Waals surface area (Å²) in [6.45, 7) is 2.20. The van der Waals surface area contributed by atoms with Gasteiger partial charge in [0.15, 0.2) is 28.9 Å². The van der Waals surface area contributed by atoms with Crippen LogP contribution < -0.4 is 24.6 Å². The third kappa shape index (κ3) is 7.23. The van der Waals surface area contributed by atoms with Gasteiger partial charge in [0.05, 0.1) is 26.8 Å². The van der Waals surface area contributed by atoms with E-state index in [9.17, 15) is 9.59 Å². The molecule has 0 bridgehead atoms. The van der Waals surface area contributed by atoms with Gasteiger partial charge in [0.2, 0.25) is 5.95 Å². The molecular weight excluding hydrogens is 606 g/mol. The monoisotopic (exact) mass is 642 g/mol.